The van der Waals surface area contributed by atoms with Crippen molar-refractivity contribution < 1.29 is 4.79 Å². The van der Waals surface area contributed by atoms with Crippen LogP contribution in [-0.4, -0.2) is 46.5 Å². The van der Waals surface area contributed by atoms with Crippen molar-refractivity contribution in [2.75, 3.05) is 6.54 Å². The first-order valence-electron chi connectivity index (χ1n) is 6.43. The fraction of sp³-hybridized carbons (Fsp3) is 0.462. The van der Waals surface area contributed by atoms with Crippen molar-refractivity contribution in [3.05, 3.63) is 22.4 Å². The zero-order chi connectivity index (χ0) is 13.4. The molecule has 2 aliphatic rings. The predicted octanol–water partition coefficient (Wildman–Crippen LogP) is 1.75. The lowest BCUT2D eigenvalue weighted by Crippen LogP contribution is -2.64. The van der Waals surface area contributed by atoms with Gasteiger partial charge in [-0.25, -0.2) is 0 Å². The molecule has 6 heteroatoms. The van der Waals surface area contributed by atoms with E-state index in [4.69, 9.17) is 10.8 Å². The summed E-state index contributed by atoms with van der Waals surface area (Å²) in [7, 11) is 0. The van der Waals surface area contributed by atoms with E-state index in [9.17, 15) is 4.79 Å². The van der Waals surface area contributed by atoms with Crippen LogP contribution in [-0.2, 0) is 4.79 Å². The molecule has 100 valence electrons. The molecule has 0 aliphatic carbocycles. The number of piperidine rings is 1. The second-order valence-electron chi connectivity index (χ2n) is 4.97. The van der Waals surface area contributed by atoms with Crippen LogP contribution in [0, 0.1) is 10.8 Å². The van der Waals surface area contributed by atoms with Gasteiger partial charge in [-0.05, 0) is 30.7 Å². The molecule has 2 unspecified atom stereocenters. The normalized spacial score (nSPS) is 26.4. The van der Waals surface area contributed by atoms with Gasteiger partial charge in [0.05, 0.1) is 17.0 Å². The maximum atomic E-state index is 11.2. The van der Waals surface area contributed by atoms with E-state index in [1.54, 1.807) is 9.80 Å². The summed E-state index contributed by atoms with van der Waals surface area (Å²) >= 11 is 1.52. The molecule has 3 heterocycles. The lowest BCUT2D eigenvalue weighted by molar-refractivity contribution is -0.124. The molecule has 0 aromatic carbocycles. The number of hydrogen-bond acceptors (Lipinski definition) is 4. The third-order valence-electron chi connectivity index (χ3n) is 3.94. The smallest absolute Gasteiger partial charge is 0.210 e. The lowest BCUT2D eigenvalue weighted by atomic mass is 9.91. The van der Waals surface area contributed by atoms with E-state index < -0.39 is 0 Å². The monoisotopic (exact) mass is 276 g/mol. The molecule has 3 rings (SSSR count). The molecule has 0 radical (unpaired) electrons. The number of amidine groups is 2. The Morgan fingerprint density at radius 1 is 1.47 bits per heavy atom. The highest BCUT2D eigenvalue weighted by atomic mass is 32.1. The highest BCUT2D eigenvalue weighted by molar-refractivity contribution is 7.12. The summed E-state index contributed by atoms with van der Waals surface area (Å²) in [5.41, 5.74) is 0. The highest BCUT2D eigenvalue weighted by Gasteiger charge is 2.41. The van der Waals surface area contributed by atoms with Crippen molar-refractivity contribution >= 4 is 29.4 Å². The average Bonchev–Trinajstić information content (AvgIpc) is 2.95. The number of piperazine rings is 1. The summed E-state index contributed by atoms with van der Waals surface area (Å²) in [6.07, 6.45) is 3.73. The fourth-order valence-electron chi connectivity index (χ4n) is 2.97. The van der Waals surface area contributed by atoms with Gasteiger partial charge in [-0.15, -0.1) is 11.3 Å². The first-order chi connectivity index (χ1) is 9.22. The van der Waals surface area contributed by atoms with Crippen LogP contribution < -0.4 is 0 Å². The van der Waals surface area contributed by atoms with Crippen LogP contribution in [0.25, 0.3) is 0 Å². The fourth-order valence-corrected chi connectivity index (χ4v) is 3.65. The van der Waals surface area contributed by atoms with Crippen molar-refractivity contribution in [2.45, 2.75) is 31.3 Å². The SMILES string of the molecule is N=C(c1cccs1)N1CC2CCCC(C1=N)N2C=O. The van der Waals surface area contributed by atoms with Crippen LogP contribution in [0.15, 0.2) is 17.5 Å². The third kappa shape index (κ3) is 1.96. The molecule has 2 saturated heterocycles. The van der Waals surface area contributed by atoms with E-state index in [-0.39, 0.29) is 12.1 Å². The molecule has 1 aromatic heterocycles. The standard InChI is InChI=1S/C13H16N4OS/c14-12-10-4-1-3-9(17(10)8-18)7-16(12)13(15)11-5-2-6-19-11/h2,5-6,8-10,14-15H,1,3-4,7H2. The maximum absolute atomic E-state index is 11.2. The zero-order valence-corrected chi connectivity index (χ0v) is 11.3. The predicted molar refractivity (Wildman–Crippen MR) is 74.9 cm³/mol. The summed E-state index contributed by atoms with van der Waals surface area (Å²) in [6.45, 7) is 0.574. The first kappa shape index (κ1) is 12.3. The Morgan fingerprint density at radius 2 is 2.32 bits per heavy atom. The molecule has 0 spiro atoms. The molecule has 1 aromatic rings. The van der Waals surface area contributed by atoms with E-state index >= 15 is 0 Å². The van der Waals surface area contributed by atoms with Gasteiger partial charge in [0, 0.05) is 6.54 Å². The van der Waals surface area contributed by atoms with E-state index in [1.807, 2.05) is 17.5 Å². The van der Waals surface area contributed by atoms with Gasteiger partial charge in [0.25, 0.3) is 0 Å². The van der Waals surface area contributed by atoms with Gasteiger partial charge in [0.15, 0.2) is 0 Å². The molecule has 2 fully saturated rings. The van der Waals surface area contributed by atoms with Gasteiger partial charge in [0.1, 0.15) is 11.7 Å². The molecule has 2 atom stereocenters. The van der Waals surface area contributed by atoms with Gasteiger partial charge < -0.3 is 9.80 Å². The number of hydrogen-bond donors (Lipinski definition) is 2. The van der Waals surface area contributed by atoms with E-state index in [0.717, 1.165) is 30.5 Å². The van der Waals surface area contributed by atoms with Gasteiger partial charge in [-0.2, -0.15) is 0 Å². The minimum absolute atomic E-state index is 0.144. The number of carbonyl (C=O) groups is 1. The highest BCUT2D eigenvalue weighted by Crippen LogP contribution is 2.29. The Bertz CT molecular complexity index is 513. The number of rotatable bonds is 2. The average molecular weight is 276 g/mol. The van der Waals surface area contributed by atoms with E-state index in [2.05, 4.69) is 0 Å². The van der Waals surface area contributed by atoms with Crippen LogP contribution in [0.3, 0.4) is 0 Å². The Hall–Kier alpha value is -1.69. The summed E-state index contributed by atoms with van der Waals surface area (Å²) in [5.74, 6) is 0.781. The van der Waals surface area contributed by atoms with Gasteiger partial charge in [0.2, 0.25) is 6.41 Å². The maximum Gasteiger partial charge on any atom is 0.210 e. The number of nitrogens with zero attached hydrogens (tertiary/aromatic N) is 2. The molecule has 1 amide bonds. The second-order valence-corrected chi connectivity index (χ2v) is 5.92. The van der Waals surface area contributed by atoms with E-state index in [0.29, 0.717) is 18.2 Å². The van der Waals surface area contributed by atoms with Crippen LogP contribution in [0.4, 0.5) is 0 Å². The van der Waals surface area contributed by atoms with Gasteiger partial charge in [-0.3, -0.25) is 15.6 Å². The minimum atomic E-state index is -0.148. The summed E-state index contributed by atoms with van der Waals surface area (Å²) in [5, 5.41) is 18.5. The minimum Gasteiger partial charge on any atom is -0.330 e. The molecule has 2 aliphatic heterocycles. The van der Waals surface area contributed by atoms with Gasteiger partial charge >= 0.3 is 0 Å². The number of fused-ring (bicyclic) bond motifs is 2. The Morgan fingerprint density at radius 3 is 3.00 bits per heavy atom. The molecular formula is C13H16N4OS. The number of likely N-dealkylation sites (tertiary alicyclic amines) is 1. The van der Waals surface area contributed by atoms with Crippen LogP contribution >= 0.6 is 11.3 Å². The third-order valence-corrected chi connectivity index (χ3v) is 4.82. The zero-order valence-electron chi connectivity index (χ0n) is 10.5. The first-order valence-corrected chi connectivity index (χ1v) is 7.31. The molecule has 2 bridgehead atoms. The quantitative estimate of drug-likeness (QED) is 0.491. The number of amides is 1. The molecule has 2 N–H and O–H groups in total. The topological polar surface area (TPSA) is 71.2 Å². The van der Waals surface area contributed by atoms with Crippen molar-refractivity contribution in [3.63, 3.8) is 0 Å². The Balaban J connectivity index is 1.87. The van der Waals surface area contributed by atoms with E-state index in [1.165, 1.54) is 11.3 Å². The Kier molecular flexibility index (Phi) is 3.10. The molecule has 5 nitrogen and oxygen atoms in total. The number of thiophene rings is 1. The second kappa shape index (κ2) is 4.77. The summed E-state index contributed by atoms with van der Waals surface area (Å²) in [4.78, 5) is 15.6. The number of nitrogens with one attached hydrogen (secondary N) is 2. The summed E-state index contributed by atoms with van der Waals surface area (Å²) in [6, 6.07) is 3.82. The van der Waals surface area contributed by atoms with Crippen LogP contribution in [0.2, 0.25) is 0 Å². The number of carbonyl (C=O) groups excluding carboxylic acids is 1. The lowest BCUT2D eigenvalue weighted by Gasteiger charge is -2.49. The van der Waals surface area contributed by atoms with Gasteiger partial charge in [-0.1, -0.05) is 6.07 Å². The molecule has 19 heavy (non-hydrogen) atoms. The molecule has 0 saturated carbocycles. The van der Waals surface area contributed by atoms with Crippen molar-refractivity contribution in [1.29, 1.82) is 10.8 Å². The van der Waals surface area contributed by atoms with Crippen molar-refractivity contribution in [3.8, 4) is 0 Å². The largest absolute Gasteiger partial charge is 0.330 e. The van der Waals surface area contributed by atoms with Crippen molar-refractivity contribution in [2.24, 2.45) is 0 Å². The Labute approximate surface area is 115 Å². The molecular weight excluding hydrogens is 260 g/mol. The van der Waals surface area contributed by atoms with Crippen LogP contribution in [0.5, 0.6) is 0 Å². The van der Waals surface area contributed by atoms with Crippen LogP contribution in [0.1, 0.15) is 24.1 Å². The summed E-state index contributed by atoms with van der Waals surface area (Å²) < 4.78 is 0. The van der Waals surface area contributed by atoms with Crippen molar-refractivity contribution in [1.82, 2.24) is 9.80 Å².